The van der Waals surface area contributed by atoms with E-state index in [1.54, 1.807) is 42.5 Å². The first kappa shape index (κ1) is 23.2. The molecule has 0 radical (unpaired) electrons. The van der Waals surface area contributed by atoms with Crippen LogP contribution >= 0.6 is 0 Å². The molecule has 4 rings (SSSR count). The van der Waals surface area contributed by atoms with Crippen LogP contribution in [0.2, 0.25) is 0 Å². The summed E-state index contributed by atoms with van der Waals surface area (Å²) in [5.41, 5.74) is 0.380. The highest BCUT2D eigenvalue weighted by Crippen LogP contribution is 2.35. The molecule has 34 heavy (non-hydrogen) atoms. The van der Waals surface area contributed by atoms with E-state index in [9.17, 15) is 14.4 Å². The Kier molecular flexibility index (Phi) is 7.31. The van der Waals surface area contributed by atoms with Crippen molar-refractivity contribution >= 4 is 23.4 Å². The van der Waals surface area contributed by atoms with E-state index in [-0.39, 0.29) is 24.3 Å². The smallest absolute Gasteiger partial charge is 0.287 e. The molecule has 1 saturated carbocycles. The normalized spacial score (nSPS) is 14.4. The number of hydrogen-bond donors (Lipinski definition) is 2. The van der Waals surface area contributed by atoms with Crippen molar-refractivity contribution in [2.24, 2.45) is 0 Å². The summed E-state index contributed by atoms with van der Waals surface area (Å²) < 4.78 is 16.2. The molecule has 0 aliphatic heterocycles. The number of rotatable bonds is 9. The summed E-state index contributed by atoms with van der Waals surface area (Å²) >= 11 is 0. The fraction of sp³-hybridized carbons (Fsp3) is 0.320. The summed E-state index contributed by atoms with van der Waals surface area (Å²) in [4.78, 5) is 40.8. The summed E-state index contributed by atoms with van der Waals surface area (Å²) in [6.07, 6.45) is 6.69. The molecular weight excluding hydrogens is 438 g/mol. The van der Waals surface area contributed by atoms with Gasteiger partial charge in [0.05, 0.1) is 31.9 Å². The quantitative estimate of drug-likeness (QED) is 0.500. The molecule has 0 unspecified atom stereocenters. The van der Waals surface area contributed by atoms with E-state index in [1.165, 1.54) is 30.6 Å². The van der Waals surface area contributed by atoms with Gasteiger partial charge in [0, 0.05) is 6.04 Å². The Morgan fingerprint density at radius 2 is 1.76 bits per heavy atom. The number of amides is 3. The van der Waals surface area contributed by atoms with Crippen molar-refractivity contribution in [1.82, 2.24) is 10.6 Å². The van der Waals surface area contributed by atoms with Crippen LogP contribution in [-0.2, 0) is 9.59 Å². The maximum Gasteiger partial charge on any atom is 0.287 e. The highest BCUT2D eigenvalue weighted by molar-refractivity contribution is 6.04. The number of nitrogens with one attached hydrogen (secondary N) is 2. The molecule has 9 heteroatoms. The molecule has 1 aromatic carbocycles. The molecule has 0 spiro atoms. The van der Waals surface area contributed by atoms with Crippen LogP contribution in [0.4, 0.5) is 5.69 Å². The van der Waals surface area contributed by atoms with Crippen LogP contribution in [0.3, 0.4) is 0 Å². The number of carbonyl (C=O) groups excluding carboxylic acids is 3. The van der Waals surface area contributed by atoms with Crippen LogP contribution < -0.4 is 20.3 Å². The highest BCUT2D eigenvalue weighted by Gasteiger charge is 2.37. The summed E-state index contributed by atoms with van der Waals surface area (Å²) in [6.45, 7) is -0.370. The van der Waals surface area contributed by atoms with Gasteiger partial charge in [-0.05, 0) is 49.2 Å². The molecule has 0 saturated heterocycles. The first-order valence-electron chi connectivity index (χ1n) is 11.2. The average molecular weight is 466 g/mol. The molecule has 2 aromatic heterocycles. The van der Waals surface area contributed by atoms with Gasteiger partial charge in [-0.15, -0.1) is 0 Å². The Morgan fingerprint density at radius 3 is 2.44 bits per heavy atom. The van der Waals surface area contributed by atoms with E-state index in [1.807, 2.05) is 0 Å². The number of benzene rings is 1. The minimum Gasteiger partial charge on any atom is -0.495 e. The van der Waals surface area contributed by atoms with Gasteiger partial charge >= 0.3 is 0 Å². The first-order valence-corrected chi connectivity index (χ1v) is 11.2. The highest BCUT2D eigenvalue weighted by atomic mass is 16.5. The van der Waals surface area contributed by atoms with Gasteiger partial charge in [-0.1, -0.05) is 25.0 Å². The van der Waals surface area contributed by atoms with Crippen molar-refractivity contribution < 1.29 is 28.0 Å². The van der Waals surface area contributed by atoms with E-state index >= 15 is 0 Å². The number of methoxy groups -OCH3 is 1. The molecule has 3 amide bonds. The zero-order chi connectivity index (χ0) is 23.9. The molecular formula is C25H27N3O6. The lowest BCUT2D eigenvalue weighted by atomic mass is 10.1. The van der Waals surface area contributed by atoms with Crippen molar-refractivity contribution in [2.75, 3.05) is 18.6 Å². The molecule has 3 aromatic rings. The third-order valence-electron chi connectivity index (χ3n) is 5.78. The fourth-order valence-corrected chi connectivity index (χ4v) is 4.15. The zero-order valence-corrected chi connectivity index (χ0v) is 18.9. The van der Waals surface area contributed by atoms with E-state index in [0.717, 1.165) is 25.7 Å². The monoisotopic (exact) mass is 465 g/mol. The molecule has 2 N–H and O–H groups in total. The molecule has 1 fully saturated rings. The SMILES string of the molecule is COc1ccccc1N(C(=O)CNC(=O)c1ccco1)[C@@H](C(=O)NC1CCCC1)c1ccco1. The predicted octanol–water partition coefficient (Wildman–Crippen LogP) is 3.44. The number of hydrogen-bond acceptors (Lipinski definition) is 6. The largest absolute Gasteiger partial charge is 0.495 e. The number of carbonyl (C=O) groups is 3. The van der Waals surface area contributed by atoms with Gasteiger partial charge in [-0.3, -0.25) is 19.3 Å². The minimum absolute atomic E-state index is 0.0400. The van der Waals surface area contributed by atoms with Crippen molar-refractivity contribution in [3.8, 4) is 5.75 Å². The van der Waals surface area contributed by atoms with Crippen LogP contribution in [-0.4, -0.2) is 37.4 Å². The van der Waals surface area contributed by atoms with E-state index in [0.29, 0.717) is 17.2 Å². The summed E-state index contributed by atoms with van der Waals surface area (Å²) in [7, 11) is 1.49. The predicted molar refractivity (Wildman–Crippen MR) is 123 cm³/mol. The molecule has 1 aliphatic rings. The van der Waals surface area contributed by atoms with Crippen molar-refractivity contribution in [2.45, 2.75) is 37.8 Å². The second kappa shape index (κ2) is 10.7. The topological polar surface area (TPSA) is 114 Å². The van der Waals surface area contributed by atoms with Crippen molar-refractivity contribution in [3.63, 3.8) is 0 Å². The van der Waals surface area contributed by atoms with E-state index < -0.39 is 17.9 Å². The minimum atomic E-state index is -1.10. The molecule has 0 bridgehead atoms. The molecule has 9 nitrogen and oxygen atoms in total. The Balaban J connectivity index is 1.67. The summed E-state index contributed by atoms with van der Waals surface area (Å²) in [6, 6.07) is 12.2. The van der Waals surface area contributed by atoms with Crippen molar-refractivity contribution in [3.05, 3.63) is 72.6 Å². The lowest BCUT2D eigenvalue weighted by Crippen LogP contribution is -2.49. The molecule has 1 atom stereocenters. The lowest BCUT2D eigenvalue weighted by molar-refractivity contribution is -0.127. The average Bonchev–Trinajstić information content (AvgIpc) is 3.64. The Labute approximate surface area is 197 Å². The number of furan rings is 2. The zero-order valence-electron chi connectivity index (χ0n) is 18.9. The van der Waals surface area contributed by atoms with E-state index in [2.05, 4.69) is 10.6 Å². The second-order valence-corrected chi connectivity index (χ2v) is 8.00. The van der Waals surface area contributed by atoms with Gasteiger partial charge in [-0.25, -0.2) is 0 Å². The van der Waals surface area contributed by atoms with Crippen molar-refractivity contribution in [1.29, 1.82) is 0 Å². The van der Waals surface area contributed by atoms with Gasteiger partial charge in [0.2, 0.25) is 5.91 Å². The standard InChI is InChI=1S/C25H27N3O6/c1-32-19-11-5-4-10-18(19)28(22(29)16-26-24(30)21-13-7-15-34-21)23(20-12-6-14-33-20)25(31)27-17-8-2-3-9-17/h4-7,10-15,17,23H,2-3,8-9,16H2,1H3,(H,26,30)(H,27,31)/t23-/m1/s1. The van der Waals surface area contributed by atoms with E-state index in [4.69, 9.17) is 13.6 Å². The van der Waals surface area contributed by atoms with Crippen LogP contribution in [0, 0.1) is 0 Å². The number of ether oxygens (including phenoxy) is 1. The van der Waals surface area contributed by atoms with Crippen LogP contribution in [0.1, 0.15) is 48.0 Å². The Morgan fingerprint density at radius 1 is 1.03 bits per heavy atom. The fourth-order valence-electron chi connectivity index (χ4n) is 4.15. The van der Waals surface area contributed by atoms with Gasteiger partial charge in [0.25, 0.3) is 11.8 Å². The Hall–Kier alpha value is -4.01. The van der Waals surface area contributed by atoms with Gasteiger partial charge in [-0.2, -0.15) is 0 Å². The third-order valence-corrected chi connectivity index (χ3v) is 5.78. The summed E-state index contributed by atoms with van der Waals surface area (Å²) in [5.74, 6) is -0.641. The summed E-state index contributed by atoms with van der Waals surface area (Å²) in [5, 5.41) is 5.62. The van der Waals surface area contributed by atoms with Gasteiger partial charge < -0.3 is 24.2 Å². The van der Waals surface area contributed by atoms with Gasteiger partial charge in [0.1, 0.15) is 11.5 Å². The van der Waals surface area contributed by atoms with Crippen LogP contribution in [0.15, 0.2) is 69.9 Å². The number of anilines is 1. The van der Waals surface area contributed by atoms with Crippen LogP contribution in [0.5, 0.6) is 5.75 Å². The maximum absolute atomic E-state index is 13.6. The molecule has 1 aliphatic carbocycles. The first-order chi connectivity index (χ1) is 16.6. The lowest BCUT2D eigenvalue weighted by Gasteiger charge is -2.31. The van der Waals surface area contributed by atoms with Crippen LogP contribution in [0.25, 0.3) is 0 Å². The second-order valence-electron chi connectivity index (χ2n) is 8.00. The number of nitrogens with zero attached hydrogens (tertiary/aromatic N) is 1. The third kappa shape index (κ3) is 5.14. The molecule has 2 heterocycles. The molecule has 178 valence electrons. The number of para-hydroxylation sites is 2. The maximum atomic E-state index is 13.6. The van der Waals surface area contributed by atoms with Gasteiger partial charge in [0.15, 0.2) is 11.8 Å². The Bertz CT molecular complexity index is 1100.